The Morgan fingerprint density at radius 2 is 1.48 bits per heavy atom. The number of aromatic amines is 1. The van der Waals surface area contributed by atoms with Gasteiger partial charge < -0.3 is 4.98 Å². The molecule has 5 heteroatoms. The summed E-state index contributed by atoms with van der Waals surface area (Å²) in [5, 5.41) is 29.3. The first-order valence-electron chi connectivity index (χ1n) is 9.05. The van der Waals surface area contributed by atoms with Crippen LogP contribution in [-0.2, 0) is 5.41 Å². The molecule has 0 saturated carbocycles. The van der Waals surface area contributed by atoms with E-state index in [4.69, 9.17) is 0 Å². The summed E-state index contributed by atoms with van der Waals surface area (Å²) < 4.78 is 0. The van der Waals surface area contributed by atoms with Gasteiger partial charge in [-0.15, -0.1) is 0 Å². The van der Waals surface area contributed by atoms with Crippen molar-refractivity contribution in [3.8, 4) is 29.5 Å². The zero-order chi connectivity index (χ0) is 21.0. The van der Waals surface area contributed by atoms with Crippen LogP contribution < -0.4 is 0 Å². The van der Waals surface area contributed by atoms with E-state index in [0.717, 1.165) is 16.7 Å². The van der Waals surface area contributed by atoms with E-state index in [2.05, 4.69) is 4.98 Å². The molecule has 2 aromatic carbocycles. The van der Waals surface area contributed by atoms with Gasteiger partial charge in [0.1, 0.15) is 6.07 Å². The molecule has 3 aromatic rings. The molecule has 5 nitrogen and oxygen atoms in total. The quantitative estimate of drug-likeness (QED) is 0.648. The molecule has 0 radical (unpaired) electrons. The van der Waals surface area contributed by atoms with E-state index in [1.165, 1.54) is 0 Å². The van der Waals surface area contributed by atoms with Crippen LogP contribution in [-0.4, -0.2) is 10.8 Å². The van der Waals surface area contributed by atoms with Crippen molar-refractivity contribution in [3.63, 3.8) is 0 Å². The lowest BCUT2D eigenvalue weighted by atomic mass is 9.80. The van der Waals surface area contributed by atoms with Crippen LogP contribution in [0.4, 0.5) is 0 Å². The average Bonchev–Trinajstić information content (AvgIpc) is 3.18. The van der Waals surface area contributed by atoms with E-state index in [-0.39, 0.29) is 23.5 Å². The summed E-state index contributed by atoms with van der Waals surface area (Å²) in [5.41, 5.74) is 2.52. The number of ketones is 1. The number of carbonyl (C=O) groups excluding carboxylic acids is 1. The summed E-state index contributed by atoms with van der Waals surface area (Å²) in [6.07, 6.45) is -0.342. The fourth-order valence-corrected chi connectivity index (χ4v) is 3.15. The van der Waals surface area contributed by atoms with Crippen molar-refractivity contribution in [2.75, 3.05) is 0 Å². The van der Waals surface area contributed by atoms with E-state index in [9.17, 15) is 20.6 Å². The van der Waals surface area contributed by atoms with Crippen molar-refractivity contribution >= 4 is 5.78 Å². The first-order chi connectivity index (χ1) is 13.9. The smallest absolute Gasteiger partial charge is 0.191 e. The molecular weight excluding hydrogens is 360 g/mol. The van der Waals surface area contributed by atoms with Gasteiger partial charge >= 0.3 is 0 Å². The molecule has 1 heterocycles. The van der Waals surface area contributed by atoms with Crippen molar-refractivity contribution in [3.05, 3.63) is 82.5 Å². The monoisotopic (exact) mass is 378 g/mol. The molecular formula is C24H18N4O. The lowest BCUT2D eigenvalue weighted by Crippen LogP contribution is -2.27. The maximum Gasteiger partial charge on any atom is 0.191 e. The van der Waals surface area contributed by atoms with Crippen molar-refractivity contribution in [2.24, 2.45) is 0 Å². The van der Waals surface area contributed by atoms with Gasteiger partial charge in [0.2, 0.25) is 0 Å². The second-order valence-electron chi connectivity index (χ2n) is 7.04. The zero-order valence-corrected chi connectivity index (χ0v) is 16.2. The Labute approximate surface area is 169 Å². The Hall–Kier alpha value is -4.14. The third-order valence-corrected chi connectivity index (χ3v) is 4.91. The van der Waals surface area contributed by atoms with Crippen LogP contribution >= 0.6 is 0 Å². The molecule has 0 fully saturated rings. The van der Waals surface area contributed by atoms with E-state index >= 15 is 0 Å². The molecule has 0 saturated heterocycles. The Balaban J connectivity index is 2.04. The minimum atomic E-state index is -1.78. The molecule has 0 unspecified atom stereocenters. The van der Waals surface area contributed by atoms with Crippen LogP contribution in [0.15, 0.2) is 54.6 Å². The Bertz CT molecular complexity index is 1170. The first kappa shape index (κ1) is 19.6. The van der Waals surface area contributed by atoms with Gasteiger partial charge in [-0.2, -0.15) is 15.8 Å². The number of benzene rings is 2. The van der Waals surface area contributed by atoms with Crippen LogP contribution in [0.25, 0.3) is 11.3 Å². The summed E-state index contributed by atoms with van der Waals surface area (Å²) >= 11 is 0. The minimum Gasteiger partial charge on any atom is -0.355 e. The third kappa shape index (κ3) is 3.79. The highest BCUT2D eigenvalue weighted by atomic mass is 16.1. The number of nitrogens with one attached hydrogen (secondary N) is 1. The molecule has 1 N–H and O–H groups in total. The second-order valence-corrected chi connectivity index (χ2v) is 7.04. The number of nitrogens with zero attached hydrogens (tertiary/aromatic N) is 3. The second kappa shape index (κ2) is 7.85. The number of carbonyl (C=O) groups is 1. The molecule has 140 valence electrons. The molecule has 0 aliphatic heterocycles. The highest BCUT2D eigenvalue weighted by molar-refractivity contribution is 5.97. The van der Waals surface area contributed by atoms with Gasteiger partial charge in [-0.05, 0) is 25.5 Å². The summed E-state index contributed by atoms with van der Waals surface area (Å²) in [5.74, 6) is -0.330. The van der Waals surface area contributed by atoms with Crippen LogP contribution in [0.3, 0.4) is 0 Å². The van der Waals surface area contributed by atoms with Gasteiger partial charge in [-0.3, -0.25) is 4.79 Å². The van der Waals surface area contributed by atoms with Gasteiger partial charge in [0.05, 0.1) is 23.4 Å². The van der Waals surface area contributed by atoms with Crippen LogP contribution in [0.1, 0.15) is 39.2 Å². The zero-order valence-electron chi connectivity index (χ0n) is 16.2. The molecule has 0 bridgehead atoms. The summed E-state index contributed by atoms with van der Waals surface area (Å²) in [4.78, 5) is 15.8. The van der Waals surface area contributed by atoms with Crippen molar-refractivity contribution in [2.45, 2.75) is 25.7 Å². The molecule has 1 aromatic heterocycles. The van der Waals surface area contributed by atoms with Crippen LogP contribution in [0, 0.1) is 47.8 Å². The molecule has 0 atom stereocenters. The maximum atomic E-state index is 12.8. The predicted molar refractivity (Wildman–Crippen MR) is 109 cm³/mol. The molecule has 0 spiro atoms. The van der Waals surface area contributed by atoms with Crippen molar-refractivity contribution in [1.82, 2.24) is 4.98 Å². The minimum absolute atomic E-state index is 0.154. The number of aryl methyl sites for hydroxylation is 2. The van der Waals surface area contributed by atoms with Crippen LogP contribution in [0.2, 0.25) is 0 Å². The molecule has 0 aliphatic carbocycles. The van der Waals surface area contributed by atoms with E-state index in [1.54, 1.807) is 30.3 Å². The molecule has 3 rings (SSSR count). The molecule has 29 heavy (non-hydrogen) atoms. The lowest BCUT2D eigenvalue weighted by molar-refractivity contribution is 0.0970. The summed E-state index contributed by atoms with van der Waals surface area (Å²) in [6.45, 7) is 3.88. The number of H-pyrrole nitrogens is 1. The highest BCUT2D eigenvalue weighted by Gasteiger charge is 2.39. The fraction of sp³-hybridized carbons (Fsp3) is 0.167. The van der Waals surface area contributed by atoms with Gasteiger partial charge in [0.15, 0.2) is 11.2 Å². The molecule has 0 amide bonds. The van der Waals surface area contributed by atoms with Crippen molar-refractivity contribution in [1.29, 1.82) is 15.8 Å². The topological polar surface area (TPSA) is 104 Å². The fourth-order valence-electron chi connectivity index (χ4n) is 3.15. The highest BCUT2D eigenvalue weighted by Crippen LogP contribution is 2.33. The number of Topliss-reactive ketones (excluding diaryl/α,β-unsaturated/α-hetero) is 1. The van der Waals surface area contributed by atoms with E-state index in [1.807, 2.05) is 56.3 Å². The number of hydrogen-bond donors (Lipinski definition) is 1. The van der Waals surface area contributed by atoms with Gasteiger partial charge in [-0.25, -0.2) is 0 Å². The normalized spacial score (nSPS) is 10.6. The number of nitriles is 3. The van der Waals surface area contributed by atoms with Crippen LogP contribution in [0.5, 0.6) is 0 Å². The Kier molecular flexibility index (Phi) is 5.31. The van der Waals surface area contributed by atoms with E-state index < -0.39 is 5.41 Å². The average molecular weight is 378 g/mol. The summed E-state index contributed by atoms with van der Waals surface area (Å²) in [7, 11) is 0. The third-order valence-electron chi connectivity index (χ3n) is 4.91. The van der Waals surface area contributed by atoms with Gasteiger partial charge in [0, 0.05) is 17.7 Å². The Morgan fingerprint density at radius 1 is 0.931 bits per heavy atom. The lowest BCUT2D eigenvalue weighted by Gasteiger charge is -2.17. The number of rotatable bonds is 5. The van der Waals surface area contributed by atoms with Gasteiger partial charge in [0.25, 0.3) is 0 Å². The standard InChI is InChI=1S/C24H18N4O/c1-16-3-7-18(8-4-16)21-11-20(13-25)23(28-21)24(14-26,15-27)12-22(29)19-9-5-17(2)6-10-19/h3-11,28H,12H2,1-2H3. The largest absolute Gasteiger partial charge is 0.355 e. The summed E-state index contributed by atoms with van der Waals surface area (Å²) in [6, 6.07) is 22.2. The maximum absolute atomic E-state index is 12.8. The van der Waals surface area contributed by atoms with Gasteiger partial charge in [-0.1, -0.05) is 59.7 Å². The van der Waals surface area contributed by atoms with Crippen molar-refractivity contribution < 1.29 is 4.79 Å². The number of aromatic nitrogens is 1. The first-order valence-corrected chi connectivity index (χ1v) is 9.05. The predicted octanol–water partition coefficient (Wildman–Crippen LogP) is 4.73. The SMILES string of the molecule is Cc1ccc(C(=O)CC(C#N)(C#N)c2[nH]c(-c3ccc(C)cc3)cc2C#N)cc1. The number of hydrogen-bond acceptors (Lipinski definition) is 4. The molecule has 0 aliphatic rings. The van der Waals surface area contributed by atoms with E-state index in [0.29, 0.717) is 11.3 Å². The Morgan fingerprint density at radius 3 is 2.00 bits per heavy atom.